The van der Waals surface area contributed by atoms with Gasteiger partial charge < -0.3 is 5.73 Å². The fourth-order valence-corrected chi connectivity index (χ4v) is 0.882. The highest BCUT2D eigenvalue weighted by molar-refractivity contribution is 6.31. The van der Waals surface area contributed by atoms with Gasteiger partial charge in [-0.15, -0.1) is 12.4 Å². The van der Waals surface area contributed by atoms with Gasteiger partial charge >= 0.3 is 0 Å². The van der Waals surface area contributed by atoms with Gasteiger partial charge in [-0.2, -0.15) is 0 Å². The average Bonchev–Trinajstić information content (AvgIpc) is 1.96. The molecule has 0 aliphatic carbocycles. The van der Waals surface area contributed by atoms with Crippen LogP contribution in [0.5, 0.6) is 0 Å². The maximum Gasteiger partial charge on any atom is 0.295 e. The van der Waals surface area contributed by atoms with Crippen LogP contribution < -0.4 is 5.73 Å². The van der Waals surface area contributed by atoms with Crippen LogP contribution in [0.15, 0.2) is 12.1 Å². The lowest BCUT2D eigenvalue weighted by Gasteiger charge is -1.97. The number of nitrogens with zero attached hydrogens (tertiary/aromatic N) is 1. The van der Waals surface area contributed by atoms with Crippen LogP contribution in [0.2, 0.25) is 5.02 Å². The third kappa shape index (κ3) is 2.43. The zero-order valence-electron chi connectivity index (χ0n) is 6.16. The molecule has 0 aliphatic heterocycles. The molecule has 0 saturated carbocycles. The molecule has 0 aromatic heterocycles. The Balaban J connectivity index is 0.00000144. The zero-order chi connectivity index (χ0) is 9.30. The predicted octanol–water partition coefficient (Wildman–Crippen LogP) is 2.39. The average molecular weight is 227 g/mol. The quantitative estimate of drug-likeness (QED) is 0.454. The van der Waals surface area contributed by atoms with Crippen molar-refractivity contribution in [2.24, 2.45) is 0 Å². The van der Waals surface area contributed by atoms with E-state index in [0.717, 1.165) is 6.07 Å². The molecule has 0 bridgehead atoms. The first kappa shape index (κ1) is 11.9. The Morgan fingerprint density at radius 3 is 2.54 bits per heavy atom. The first-order chi connectivity index (χ1) is 5.52. The van der Waals surface area contributed by atoms with Gasteiger partial charge in [0.1, 0.15) is 11.5 Å². The molecule has 1 aromatic rings. The molecule has 0 atom stereocenters. The van der Waals surface area contributed by atoms with Crippen molar-refractivity contribution in [3.8, 4) is 0 Å². The van der Waals surface area contributed by atoms with Crippen LogP contribution in [0, 0.1) is 15.9 Å². The Morgan fingerprint density at radius 2 is 2.08 bits per heavy atom. The number of hydrogen-bond donors (Lipinski definition) is 1. The summed E-state index contributed by atoms with van der Waals surface area (Å²) in [4.78, 5) is 9.43. The predicted molar refractivity (Wildman–Crippen MR) is 49.7 cm³/mol. The summed E-state index contributed by atoms with van der Waals surface area (Å²) in [7, 11) is 0. The molecule has 0 heterocycles. The molecule has 0 amide bonds. The molecule has 13 heavy (non-hydrogen) atoms. The molecular formula is C6H5Cl2FN2O2. The van der Waals surface area contributed by atoms with Gasteiger partial charge in [-0.1, -0.05) is 11.6 Å². The molecular weight excluding hydrogens is 222 g/mol. The number of nitro groups is 1. The highest BCUT2D eigenvalue weighted by atomic mass is 35.5. The maximum atomic E-state index is 12.6. The summed E-state index contributed by atoms with van der Waals surface area (Å²) in [5.74, 6) is -0.849. The van der Waals surface area contributed by atoms with Crippen LogP contribution in [0.4, 0.5) is 15.8 Å². The molecule has 0 aliphatic rings. The number of nitrogen functional groups attached to an aromatic ring is 1. The first-order valence-electron chi connectivity index (χ1n) is 2.91. The molecule has 72 valence electrons. The number of anilines is 1. The number of benzene rings is 1. The van der Waals surface area contributed by atoms with E-state index in [1.165, 1.54) is 0 Å². The van der Waals surface area contributed by atoms with E-state index in [1.54, 1.807) is 0 Å². The largest absolute Gasteiger partial charge is 0.393 e. The normalized spacial score (nSPS) is 9.08. The van der Waals surface area contributed by atoms with Gasteiger partial charge in [0.05, 0.1) is 16.0 Å². The lowest BCUT2D eigenvalue weighted by Crippen LogP contribution is -1.96. The van der Waals surface area contributed by atoms with Crippen molar-refractivity contribution < 1.29 is 9.31 Å². The molecule has 4 nitrogen and oxygen atoms in total. The van der Waals surface area contributed by atoms with Gasteiger partial charge in [0.2, 0.25) is 0 Å². The fourth-order valence-electron chi connectivity index (χ4n) is 0.710. The van der Waals surface area contributed by atoms with Crippen LogP contribution in [0.3, 0.4) is 0 Å². The Morgan fingerprint density at radius 1 is 1.54 bits per heavy atom. The first-order valence-corrected chi connectivity index (χ1v) is 3.29. The fraction of sp³-hybridized carbons (Fsp3) is 0. The summed E-state index contributed by atoms with van der Waals surface area (Å²) in [6.07, 6.45) is 0. The monoisotopic (exact) mass is 226 g/mol. The van der Waals surface area contributed by atoms with Gasteiger partial charge in [-0.3, -0.25) is 10.1 Å². The van der Waals surface area contributed by atoms with E-state index in [4.69, 9.17) is 17.3 Å². The second kappa shape index (κ2) is 4.25. The molecule has 0 unspecified atom stereocenters. The molecule has 2 N–H and O–H groups in total. The Hall–Kier alpha value is -1.07. The molecule has 7 heteroatoms. The van der Waals surface area contributed by atoms with Crippen molar-refractivity contribution in [2.75, 3.05) is 5.73 Å². The minimum Gasteiger partial charge on any atom is -0.393 e. The minimum absolute atomic E-state index is 0. The maximum absolute atomic E-state index is 12.6. The van der Waals surface area contributed by atoms with E-state index < -0.39 is 16.4 Å². The number of nitro benzene ring substituents is 1. The standard InChI is InChI=1S/C6H4ClFN2O2.ClH/c7-3-1-5(9)6(10(11)12)2-4(3)8;/h1-2H,9H2;1H. The summed E-state index contributed by atoms with van der Waals surface area (Å²) in [5.41, 5.74) is 4.58. The molecule has 1 rings (SSSR count). The molecule has 0 saturated heterocycles. The smallest absolute Gasteiger partial charge is 0.295 e. The van der Waals surface area contributed by atoms with Crippen molar-refractivity contribution in [3.63, 3.8) is 0 Å². The highest BCUT2D eigenvalue weighted by Gasteiger charge is 2.14. The van der Waals surface area contributed by atoms with Crippen molar-refractivity contribution in [1.29, 1.82) is 0 Å². The topological polar surface area (TPSA) is 69.2 Å². The zero-order valence-corrected chi connectivity index (χ0v) is 7.73. The van der Waals surface area contributed by atoms with Crippen molar-refractivity contribution in [1.82, 2.24) is 0 Å². The molecule has 0 radical (unpaired) electrons. The molecule has 0 spiro atoms. The lowest BCUT2D eigenvalue weighted by atomic mass is 10.2. The van der Waals surface area contributed by atoms with E-state index in [0.29, 0.717) is 6.07 Å². The van der Waals surface area contributed by atoms with E-state index in [9.17, 15) is 14.5 Å². The summed E-state index contributed by atoms with van der Waals surface area (Å²) in [6, 6.07) is 1.70. The van der Waals surface area contributed by atoms with E-state index >= 15 is 0 Å². The third-order valence-electron chi connectivity index (χ3n) is 1.27. The van der Waals surface area contributed by atoms with E-state index in [-0.39, 0.29) is 23.1 Å². The van der Waals surface area contributed by atoms with Gasteiger partial charge in [0.15, 0.2) is 0 Å². The van der Waals surface area contributed by atoms with Crippen LogP contribution in [-0.2, 0) is 0 Å². The molecule has 1 aromatic carbocycles. The van der Waals surface area contributed by atoms with Gasteiger partial charge in [-0.25, -0.2) is 4.39 Å². The van der Waals surface area contributed by atoms with Gasteiger partial charge in [-0.05, 0) is 6.07 Å². The van der Waals surface area contributed by atoms with E-state index in [1.807, 2.05) is 0 Å². The number of halogens is 3. The van der Waals surface area contributed by atoms with Crippen molar-refractivity contribution >= 4 is 35.4 Å². The van der Waals surface area contributed by atoms with Crippen LogP contribution >= 0.6 is 24.0 Å². The van der Waals surface area contributed by atoms with E-state index in [2.05, 4.69) is 0 Å². The Kier molecular flexibility index (Phi) is 3.90. The third-order valence-corrected chi connectivity index (χ3v) is 1.56. The Bertz CT molecular complexity index is 346. The second-order valence-corrected chi connectivity index (χ2v) is 2.49. The minimum atomic E-state index is -0.849. The number of hydrogen-bond acceptors (Lipinski definition) is 3. The Labute approximate surface area is 84.0 Å². The highest BCUT2D eigenvalue weighted by Crippen LogP contribution is 2.27. The summed E-state index contributed by atoms with van der Waals surface area (Å²) in [5, 5.41) is 9.98. The lowest BCUT2D eigenvalue weighted by molar-refractivity contribution is -0.384. The van der Waals surface area contributed by atoms with Crippen LogP contribution in [-0.4, -0.2) is 4.92 Å². The van der Waals surface area contributed by atoms with Gasteiger partial charge in [0.25, 0.3) is 5.69 Å². The second-order valence-electron chi connectivity index (χ2n) is 2.08. The van der Waals surface area contributed by atoms with Crippen molar-refractivity contribution in [3.05, 3.63) is 33.1 Å². The number of nitrogens with two attached hydrogens (primary N) is 1. The van der Waals surface area contributed by atoms with Gasteiger partial charge in [0, 0.05) is 0 Å². The summed E-state index contributed by atoms with van der Waals surface area (Å²) in [6.45, 7) is 0. The SMILES string of the molecule is Cl.Nc1cc(Cl)c(F)cc1[N+](=O)[O-]. The summed E-state index contributed by atoms with van der Waals surface area (Å²) < 4.78 is 12.6. The molecule has 0 fully saturated rings. The van der Waals surface area contributed by atoms with Crippen LogP contribution in [0.1, 0.15) is 0 Å². The summed E-state index contributed by atoms with van der Waals surface area (Å²) >= 11 is 5.31. The van der Waals surface area contributed by atoms with Crippen LogP contribution in [0.25, 0.3) is 0 Å². The van der Waals surface area contributed by atoms with Crippen molar-refractivity contribution in [2.45, 2.75) is 0 Å². The number of rotatable bonds is 1.